The van der Waals surface area contributed by atoms with E-state index in [-0.39, 0.29) is 41.8 Å². The molecule has 0 saturated heterocycles. The van der Waals surface area contributed by atoms with Gasteiger partial charge in [-0.1, -0.05) is 0 Å². The summed E-state index contributed by atoms with van der Waals surface area (Å²) in [5, 5.41) is 5.94. The Morgan fingerprint density at radius 2 is 2.03 bits per heavy atom. The van der Waals surface area contributed by atoms with Gasteiger partial charge in [0.1, 0.15) is 24.6 Å². The first-order valence-corrected chi connectivity index (χ1v) is 9.63. The predicted octanol–water partition coefficient (Wildman–Crippen LogP) is 2.10. The quantitative estimate of drug-likeness (QED) is 0.522. The summed E-state index contributed by atoms with van der Waals surface area (Å²) in [5.74, 6) is -1.15. The molecule has 168 valence electrons. The van der Waals surface area contributed by atoms with Gasteiger partial charge in [0.15, 0.2) is 23.3 Å². The van der Waals surface area contributed by atoms with Crippen molar-refractivity contribution in [3.8, 4) is 11.6 Å². The summed E-state index contributed by atoms with van der Waals surface area (Å²) in [5.41, 5.74) is 0.149. The summed E-state index contributed by atoms with van der Waals surface area (Å²) >= 11 is 0. The second-order valence-corrected chi connectivity index (χ2v) is 7.54. The van der Waals surface area contributed by atoms with Crippen LogP contribution in [0.25, 0.3) is 5.65 Å². The monoisotopic (exact) mass is 452 g/mol. The van der Waals surface area contributed by atoms with Crippen LogP contribution in [0.1, 0.15) is 22.8 Å². The molecule has 0 aromatic carbocycles. The summed E-state index contributed by atoms with van der Waals surface area (Å²) in [6, 6.07) is -1.41. The molecule has 9 nitrogen and oxygen atoms in total. The third-order valence-corrected chi connectivity index (χ3v) is 5.29. The first-order chi connectivity index (χ1) is 15.2. The Morgan fingerprint density at radius 1 is 1.22 bits per heavy atom. The van der Waals surface area contributed by atoms with E-state index in [2.05, 4.69) is 15.1 Å². The van der Waals surface area contributed by atoms with Gasteiger partial charge in [-0.15, -0.1) is 0 Å². The van der Waals surface area contributed by atoms with Crippen molar-refractivity contribution in [2.24, 2.45) is 0 Å². The van der Waals surface area contributed by atoms with E-state index in [1.54, 1.807) is 4.90 Å². The minimum Gasteiger partial charge on any atom is -0.486 e. The number of hydrogen-bond acceptors (Lipinski definition) is 7. The Bertz CT molecular complexity index is 1210. The number of aromatic nitrogens is 4. The van der Waals surface area contributed by atoms with E-state index < -0.39 is 30.5 Å². The largest absolute Gasteiger partial charge is 0.486 e. The van der Waals surface area contributed by atoms with Crippen molar-refractivity contribution >= 4 is 17.4 Å². The topological polar surface area (TPSA) is 93.9 Å². The van der Waals surface area contributed by atoms with Crippen molar-refractivity contribution in [2.45, 2.75) is 31.7 Å². The Kier molecular flexibility index (Phi) is 4.57. The number of amides is 1. The summed E-state index contributed by atoms with van der Waals surface area (Å²) in [6.07, 6.45) is -1.32. The number of ether oxygens (including phenoxy) is 2. The van der Waals surface area contributed by atoms with E-state index in [1.165, 1.54) is 10.7 Å². The first-order valence-electron chi connectivity index (χ1n) is 9.63. The SMILES string of the molecule is C[C@@H]1COc2cn3ncc4c3nc2N1Cc1cc(F)cnc1OC[C@@H](C(F)(F)F)NC4=O. The first kappa shape index (κ1) is 20.3. The lowest BCUT2D eigenvalue weighted by molar-refractivity contribution is -0.159. The number of anilines is 1. The minimum atomic E-state index is -4.80. The Morgan fingerprint density at radius 3 is 2.81 bits per heavy atom. The van der Waals surface area contributed by atoms with E-state index in [0.717, 1.165) is 18.5 Å². The fraction of sp³-hybridized carbons (Fsp3) is 0.368. The number of alkyl halides is 3. The number of carbonyl (C=O) groups is 1. The molecular weight excluding hydrogens is 436 g/mol. The molecule has 0 unspecified atom stereocenters. The molecule has 1 amide bonds. The van der Waals surface area contributed by atoms with E-state index in [0.29, 0.717) is 11.6 Å². The van der Waals surface area contributed by atoms with Crippen LogP contribution in [0.3, 0.4) is 0 Å². The molecule has 2 aliphatic heterocycles. The number of halogens is 4. The van der Waals surface area contributed by atoms with Crippen molar-refractivity contribution in [2.75, 3.05) is 18.1 Å². The van der Waals surface area contributed by atoms with Crippen LogP contribution in [0.5, 0.6) is 11.6 Å². The maximum atomic E-state index is 13.9. The highest BCUT2D eigenvalue weighted by Gasteiger charge is 2.42. The summed E-state index contributed by atoms with van der Waals surface area (Å²) < 4.78 is 67.0. The van der Waals surface area contributed by atoms with Gasteiger partial charge in [-0.25, -0.2) is 18.9 Å². The number of pyridine rings is 1. The van der Waals surface area contributed by atoms with E-state index in [4.69, 9.17) is 9.47 Å². The van der Waals surface area contributed by atoms with Gasteiger partial charge in [0.25, 0.3) is 5.91 Å². The van der Waals surface area contributed by atoms with Crippen molar-refractivity contribution < 1.29 is 31.8 Å². The number of rotatable bonds is 0. The van der Waals surface area contributed by atoms with Crippen LogP contribution in [0.2, 0.25) is 0 Å². The maximum absolute atomic E-state index is 13.9. The molecule has 0 saturated carbocycles. The molecule has 3 aromatic rings. The molecule has 2 atom stereocenters. The number of nitrogens with zero attached hydrogens (tertiary/aromatic N) is 5. The van der Waals surface area contributed by atoms with Crippen molar-refractivity contribution in [3.05, 3.63) is 41.6 Å². The molecule has 3 aromatic heterocycles. The van der Waals surface area contributed by atoms with E-state index in [1.807, 2.05) is 12.2 Å². The molecule has 0 radical (unpaired) electrons. The van der Waals surface area contributed by atoms with Crippen LogP contribution in [0.4, 0.5) is 23.4 Å². The fourth-order valence-corrected chi connectivity index (χ4v) is 3.61. The van der Waals surface area contributed by atoms with Gasteiger partial charge in [0, 0.05) is 5.56 Å². The zero-order valence-corrected chi connectivity index (χ0v) is 16.6. The summed E-state index contributed by atoms with van der Waals surface area (Å²) in [7, 11) is 0. The van der Waals surface area contributed by atoms with Gasteiger partial charge in [-0.05, 0) is 13.0 Å². The zero-order chi connectivity index (χ0) is 22.6. The van der Waals surface area contributed by atoms with Crippen LogP contribution < -0.4 is 19.7 Å². The van der Waals surface area contributed by atoms with Crippen molar-refractivity contribution in [3.63, 3.8) is 0 Å². The fourth-order valence-electron chi connectivity index (χ4n) is 3.61. The van der Waals surface area contributed by atoms with Gasteiger partial charge in [-0.2, -0.15) is 18.3 Å². The van der Waals surface area contributed by atoms with Crippen LogP contribution >= 0.6 is 0 Å². The molecule has 32 heavy (non-hydrogen) atoms. The third-order valence-electron chi connectivity index (χ3n) is 5.29. The zero-order valence-electron chi connectivity index (χ0n) is 16.6. The minimum absolute atomic E-state index is 0.0440. The molecule has 2 bridgehead atoms. The lowest BCUT2D eigenvalue weighted by Crippen LogP contribution is -2.49. The predicted molar refractivity (Wildman–Crippen MR) is 101 cm³/mol. The van der Waals surface area contributed by atoms with E-state index >= 15 is 0 Å². The maximum Gasteiger partial charge on any atom is 0.411 e. The second-order valence-electron chi connectivity index (χ2n) is 7.54. The average Bonchev–Trinajstić information content (AvgIpc) is 3.14. The standard InChI is InChI=1S/C19H16F4N6O3/c1-9-7-31-13-6-29-15-12(4-25-29)17(30)26-14(19(21,22)23)8-32-18-10(2-11(20)3-24-18)5-28(9)16(13)27-15/h2-4,6,9,14H,5,7-8H2,1H3,(H,26,30)/t9-,14+/m1/s1. The molecule has 2 aliphatic rings. The molecule has 1 N–H and O–H groups in total. The molecular formula is C19H16F4N6O3. The van der Waals surface area contributed by atoms with Gasteiger partial charge in [0.2, 0.25) is 5.88 Å². The normalized spacial score (nSPS) is 21.0. The van der Waals surface area contributed by atoms with Crippen LogP contribution in [-0.4, -0.2) is 57.0 Å². The highest BCUT2D eigenvalue weighted by Crippen LogP contribution is 2.35. The molecule has 5 rings (SSSR count). The number of hydrogen-bond donors (Lipinski definition) is 1. The van der Waals surface area contributed by atoms with Crippen molar-refractivity contribution in [1.82, 2.24) is 24.9 Å². The van der Waals surface area contributed by atoms with Gasteiger partial charge >= 0.3 is 6.18 Å². The lowest BCUT2D eigenvalue weighted by atomic mass is 10.2. The molecule has 13 heteroatoms. The van der Waals surface area contributed by atoms with E-state index in [9.17, 15) is 22.4 Å². The van der Waals surface area contributed by atoms with Crippen LogP contribution in [-0.2, 0) is 6.54 Å². The van der Waals surface area contributed by atoms with Crippen LogP contribution in [0.15, 0.2) is 24.7 Å². The Labute approximate surface area is 178 Å². The molecule has 0 fully saturated rings. The number of nitrogens with one attached hydrogen (secondary N) is 1. The number of carbonyl (C=O) groups excluding carboxylic acids is 1. The average molecular weight is 452 g/mol. The Balaban J connectivity index is 1.70. The summed E-state index contributed by atoms with van der Waals surface area (Å²) in [6.45, 7) is 1.23. The highest BCUT2D eigenvalue weighted by molar-refractivity contribution is 6.00. The van der Waals surface area contributed by atoms with Gasteiger partial charge in [0.05, 0.1) is 31.2 Å². The number of fused-ring (bicyclic) bond motifs is 1. The molecule has 0 aliphatic carbocycles. The smallest absolute Gasteiger partial charge is 0.411 e. The lowest BCUT2D eigenvalue weighted by Gasteiger charge is -2.35. The van der Waals surface area contributed by atoms with Gasteiger partial charge < -0.3 is 19.7 Å². The molecule has 0 spiro atoms. The third kappa shape index (κ3) is 3.42. The van der Waals surface area contributed by atoms with Gasteiger partial charge in [-0.3, -0.25) is 4.79 Å². The molecule has 5 heterocycles. The second kappa shape index (κ2) is 7.21. The van der Waals surface area contributed by atoms with Crippen LogP contribution in [0, 0.1) is 5.82 Å². The highest BCUT2D eigenvalue weighted by atomic mass is 19.4. The van der Waals surface area contributed by atoms with Crippen molar-refractivity contribution in [1.29, 1.82) is 0 Å². The summed E-state index contributed by atoms with van der Waals surface area (Å²) in [4.78, 5) is 22.8. The Hall–Kier alpha value is -3.64.